The summed E-state index contributed by atoms with van der Waals surface area (Å²) in [7, 11) is -0.962. The molecule has 0 bridgehead atoms. The van der Waals surface area contributed by atoms with Crippen molar-refractivity contribution in [3.05, 3.63) is 28.2 Å². The van der Waals surface area contributed by atoms with Crippen LogP contribution >= 0.6 is 15.9 Å². The lowest BCUT2D eigenvalue weighted by Gasteiger charge is -2.26. The summed E-state index contributed by atoms with van der Waals surface area (Å²) in [5, 5.41) is 9.59. The largest absolute Gasteiger partial charge is 0.389 e. The molecule has 0 radical (unpaired) electrons. The number of sulfone groups is 1. The molecule has 1 unspecified atom stereocenters. The van der Waals surface area contributed by atoms with Gasteiger partial charge in [0.05, 0.1) is 17.6 Å². The van der Waals surface area contributed by atoms with E-state index in [1.165, 1.54) is 0 Å². The molecule has 1 fully saturated rings. The monoisotopic (exact) mass is 347 g/mol. The fourth-order valence-electron chi connectivity index (χ4n) is 2.37. The highest BCUT2D eigenvalue weighted by molar-refractivity contribution is 9.10. The minimum atomic E-state index is -2.87. The number of aliphatic hydroxyl groups excluding tert-OH is 1. The maximum absolute atomic E-state index is 11.5. The minimum absolute atomic E-state index is 0.0364. The van der Waals surface area contributed by atoms with Crippen molar-refractivity contribution >= 4 is 31.5 Å². The lowest BCUT2D eigenvalue weighted by atomic mass is 10.1. The first kappa shape index (κ1) is 14.8. The Kier molecular flexibility index (Phi) is 4.23. The second-order valence-electron chi connectivity index (χ2n) is 5.05. The maximum atomic E-state index is 11.5. The van der Waals surface area contributed by atoms with Gasteiger partial charge < -0.3 is 10.0 Å². The fourth-order valence-corrected chi connectivity index (χ4v) is 4.84. The molecule has 1 heterocycles. The SMILES string of the molecule is C[C@H](O)c1ccc(N(C)C2CCS(=O)(=O)C2)cc1Br. The van der Waals surface area contributed by atoms with Crippen molar-refractivity contribution in [3.8, 4) is 0 Å². The number of anilines is 1. The molecule has 0 aliphatic carbocycles. The Hall–Kier alpha value is -0.590. The zero-order chi connectivity index (χ0) is 14.2. The van der Waals surface area contributed by atoms with E-state index >= 15 is 0 Å². The van der Waals surface area contributed by atoms with Crippen molar-refractivity contribution in [1.29, 1.82) is 0 Å². The third-order valence-corrected chi connectivity index (χ3v) is 6.03. The predicted octanol–water partition coefficient (Wildman–Crippen LogP) is 2.13. The molecular weight excluding hydrogens is 330 g/mol. The Morgan fingerprint density at radius 2 is 2.16 bits per heavy atom. The molecule has 2 atom stereocenters. The van der Waals surface area contributed by atoms with Gasteiger partial charge in [0.2, 0.25) is 0 Å². The van der Waals surface area contributed by atoms with Crippen LogP contribution in [0.3, 0.4) is 0 Å². The average Bonchev–Trinajstić information content (AvgIpc) is 2.68. The Bertz CT molecular complexity index is 571. The van der Waals surface area contributed by atoms with Crippen LogP contribution in [-0.2, 0) is 9.84 Å². The summed E-state index contributed by atoms with van der Waals surface area (Å²) >= 11 is 3.44. The summed E-state index contributed by atoms with van der Waals surface area (Å²) in [6.07, 6.45) is 0.148. The number of hydrogen-bond donors (Lipinski definition) is 1. The van der Waals surface area contributed by atoms with Gasteiger partial charge in [-0.3, -0.25) is 0 Å². The topological polar surface area (TPSA) is 57.6 Å². The van der Waals surface area contributed by atoms with Crippen molar-refractivity contribution in [1.82, 2.24) is 0 Å². The van der Waals surface area contributed by atoms with Crippen LogP contribution in [0.15, 0.2) is 22.7 Å². The molecule has 0 spiro atoms. The molecule has 1 N–H and O–H groups in total. The zero-order valence-electron chi connectivity index (χ0n) is 11.0. The molecule has 1 saturated heterocycles. The number of hydrogen-bond acceptors (Lipinski definition) is 4. The van der Waals surface area contributed by atoms with E-state index in [4.69, 9.17) is 0 Å². The van der Waals surface area contributed by atoms with Crippen LogP contribution in [0.25, 0.3) is 0 Å². The van der Waals surface area contributed by atoms with E-state index in [0.29, 0.717) is 6.42 Å². The Morgan fingerprint density at radius 3 is 2.63 bits per heavy atom. The number of benzene rings is 1. The first-order valence-electron chi connectivity index (χ1n) is 6.21. The average molecular weight is 348 g/mol. The summed E-state index contributed by atoms with van der Waals surface area (Å²) < 4.78 is 23.9. The Balaban J connectivity index is 2.21. The first-order chi connectivity index (χ1) is 8.80. The normalized spacial score (nSPS) is 23.3. The van der Waals surface area contributed by atoms with E-state index in [0.717, 1.165) is 15.7 Å². The molecule has 0 amide bonds. The second-order valence-corrected chi connectivity index (χ2v) is 8.13. The van der Waals surface area contributed by atoms with Gasteiger partial charge in [0.25, 0.3) is 0 Å². The third kappa shape index (κ3) is 3.30. The van der Waals surface area contributed by atoms with E-state index in [9.17, 15) is 13.5 Å². The van der Waals surface area contributed by atoms with Crippen LogP contribution in [0.1, 0.15) is 25.0 Å². The molecule has 0 aromatic heterocycles. The van der Waals surface area contributed by atoms with Crippen LogP contribution < -0.4 is 4.90 Å². The molecule has 1 aliphatic rings. The van der Waals surface area contributed by atoms with Crippen molar-refractivity contribution in [2.45, 2.75) is 25.5 Å². The minimum Gasteiger partial charge on any atom is -0.389 e. The lowest BCUT2D eigenvalue weighted by molar-refractivity contribution is 0.198. The van der Waals surface area contributed by atoms with Gasteiger partial charge in [-0.1, -0.05) is 22.0 Å². The molecule has 106 valence electrons. The van der Waals surface area contributed by atoms with Crippen LogP contribution in [0.4, 0.5) is 5.69 Å². The molecule has 1 aromatic rings. The highest BCUT2D eigenvalue weighted by Crippen LogP contribution is 2.30. The Morgan fingerprint density at radius 1 is 1.47 bits per heavy atom. The summed E-state index contributed by atoms with van der Waals surface area (Å²) in [6.45, 7) is 1.72. The van der Waals surface area contributed by atoms with E-state index in [1.807, 2.05) is 30.1 Å². The van der Waals surface area contributed by atoms with Crippen LogP contribution in [-0.4, -0.2) is 38.1 Å². The van der Waals surface area contributed by atoms with Crippen molar-refractivity contribution in [3.63, 3.8) is 0 Å². The standard InChI is InChI=1S/C13H18BrNO3S/c1-9(16)12-4-3-10(7-13(12)14)15(2)11-5-6-19(17,18)8-11/h3-4,7,9,11,16H,5-6,8H2,1-2H3/t9-,11?/m0/s1. The van der Waals surface area contributed by atoms with Gasteiger partial charge in [-0.15, -0.1) is 0 Å². The maximum Gasteiger partial charge on any atom is 0.152 e. The molecule has 0 saturated carbocycles. The van der Waals surface area contributed by atoms with Gasteiger partial charge in [-0.25, -0.2) is 8.42 Å². The lowest BCUT2D eigenvalue weighted by Crippen LogP contribution is -2.32. The number of halogens is 1. The summed E-state index contributed by atoms with van der Waals surface area (Å²) in [4.78, 5) is 2.00. The Labute approximate surface area is 122 Å². The predicted molar refractivity (Wildman–Crippen MR) is 80.2 cm³/mol. The molecular formula is C13H18BrNO3S. The summed E-state index contributed by atoms with van der Waals surface area (Å²) in [5.74, 6) is 0.494. The van der Waals surface area contributed by atoms with Gasteiger partial charge in [-0.05, 0) is 31.0 Å². The van der Waals surface area contributed by atoms with Gasteiger partial charge >= 0.3 is 0 Å². The van der Waals surface area contributed by atoms with Crippen LogP contribution in [0.2, 0.25) is 0 Å². The quantitative estimate of drug-likeness (QED) is 0.909. The summed E-state index contributed by atoms with van der Waals surface area (Å²) in [5.41, 5.74) is 1.79. The number of nitrogens with zero attached hydrogens (tertiary/aromatic N) is 1. The first-order valence-corrected chi connectivity index (χ1v) is 8.82. The molecule has 1 aromatic carbocycles. The molecule has 1 aliphatic heterocycles. The highest BCUT2D eigenvalue weighted by Gasteiger charge is 2.30. The molecule has 2 rings (SSSR count). The smallest absolute Gasteiger partial charge is 0.152 e. The number of rotatable bonds is 3. The second kappa shape index (κ2) is 5.42. The fraction of sp³-hybridized carbons (Fsp3) is 0.538. The van der Waals surface area contributed by atoms with Crippen molar-refractivity contribution in [2.75, 3.05) is 23.5 Å². The van der Waals surface area contributed by atoms with Gasteiger partial charge in [0, 0.05) is 23.2 Å². The number of aliphatic hydroxyl groups is 1. The van der Waals surface area contributed by atoms with Gasteiger partial charge in [0.15, 0.2) is 9.84 Å². The van der Waals surface area contributed by atoms with Crippen molar-refractivity contribution < 1.29 is 13.5 Å². The third-order valence-electron chi connectivity index (χ3n) is 3.60. The molecule has 19 heavy (non-hydrogen) atoms. The van der Waals surface area contributed by atoms with Crippen LogP contribution in [0.5, 0.6) is 0 Å². The molecule has 6 heteroatoms. The van der Waals surface area contributed by atoms with Gasteiger partial charge in [0.1, 0.15) is 0 Å². The van der Waals surface area contributed by atoms with E-state index in [1.54, 1.807) is 6.92 Å². The summed E-state index contributed by atoms with van der Waals surface area (Å²) in [6, 6.07) is 5.74. The van der Waals surface area contributed by atoms with E-state index in [-0.39, 0.29) is 17.5 Å². The molecule has 4 nitrogen and oxygen atoms in total. The zero-order valence-corrected chi connectivity index (χ0v) is 13.4. The van der Waals surface area contributed by atoms with Crippen molar-refractivity contribution in [2.24, 2.45) is 0 Å². The highest BCUT2D eigenvalue weighted by atomic mass is 79.9. The van der Waals surface area contributed by atoms with Gasteiger partial charge in [-0.2, -0.15) is 0 Å². The van der Waals surface area contributed by atoms with E-state index < -0.39 is 15.9 Å². The van der Waals surface area contributed by atoms with Crippen LogP contribution in [0, 0.1) is 0 Å². The van der Waals surface area contributed by atoms with E-state index in [2.05, 4.69) is 15.9 Å².